The molecule has 0 nitrogen and oxygen atoms in total. The highest BCUT2D eigenvalue weighted by Gasteiger charge is 2.20. The fourth-order valence-corrected chi connectivity index (χ4v) is 8.53. The van der Waals surface area contributed by atoms with E-state index in [4.69, 9.17) is 0 Å². The van der Waals surface area contributed by atoms with Crippen molar-refractivity contribution < 1.29 is 0 Å². The van der Waals surface area contributed by atoms with E-state index in [-0.39, 0.29) is 0 Å². The molecule has 182 valence electrons. The lowest BCUT2D eigenvalue weighted by atomic mass is 9.89. The third-order valence-corrected chi connectivity index (χ3v) is 10.4. The van der Waals surface area contributed by atoms with E-state index < -0.39 is 0 Å². The molecule has 0 saturated heterocycles. The van der Waals surface area contributed by atoms with Crippen molar-refractivity contribution in [1.29, 1.82) is 0 Å². The maximum absolute atomic E-state index is 2.45. The first-order chi connectivity index (χ1) is 18.6. The summed E-state index contributed by atoms with van der Waals surface area (Å²) in [4.78, 5) is 1.44. The van der Waals surface area contributed by atoms with Crippen molar-refractivity contribution >= 4 is 75.4 Å². The molecule has 0 radical (unpaired) electrons. The van der Waals surface area contributed by atoms with E-state index in [0.717, 1.165) is 12.8 Å². The van der Waals surface area contributed by atoms with Crippen LogP contribution < -0.4 is 0 Å². The van der Waals surface area contributed by atoms with Crippen molar-refractivity contribution in [3.8, 4) is 11.1 Å². The summed E-state index contributed by atoms with van der Waals surface area (Å²) < 4.78 is 4.15. The van der Waals surface area contributed by atoms with Crippen LogP contribution in [-0.4, -0.2) is 0 Å². The monoisotopic (exact) mass is 522 g/mol. The minimum atomic E-state index is 1.10. The molecule has 2 heteroatoms. The van der Waals surface area contributed by atoms with E-state index >= 15 is 0 Å². The van der Waals surface area contributed by atoms with Crippen LogP contribution >= 0.6 is 22.7 Å². The average molecular weight is 523 g/mol. The fourth-order valence-electron chi connectivity index (χ4n) is 6.14. The topological polar surface area (TPSA) is 0 Å². The Morgan fingerprint density at radius 1 is 0.500 bits per heavy atom. The number of thiophene rings is 2. The van der Waals surface area contributed by atoms with Gasteiger partial charge in [-0.05, 0) is 89.6 Å². The summed E-state index contributed by atoms with van der Waals surface area (Å²) in [6.45, 7) is 4.30. The van der Waals surface area contributed by atoms with Gasteiger partial charge in [-0.1, -0.05) is 83.9 Å². The molecule has 0 amide bonds. The molecule has 1 aliphatic rings. The van der Waals surface area contributed by atoms with E-state index in [0.29, 0.717) is 0 Å². The van der Waals surface area contributed by atoms with Crippen molar-refractivity contribution in [2.75, 3.05) is 0 Å². The van der Waals surface area contributed by atoms with Gasteiger partial charge in [-0.15, -0.1) is 22.7 Å². The van der Waals surface area contributed by atoms with Gasteiger partial charge in [0.15, 0.2) is 0 Å². The van der Waals surface area contributed by atoms with E-state index in [9.17, 15) is 0 Å². The van der Waals surface area contributed by atoms with E-state index in [1.807, 2.05) is 22.7 Å². The van der Waals surface area contributed by atoms with Gasteiger partial charge < -0.3 is 0 Å². The van der Waals surface area contributed by atoms with Crippen molar-refractivity contribution in [1.82, 2.24) is 0 Å². The molecule has 0 fully saturated rings. The summed E-state index contributed by atoms with van der Waals surface area (Å²) in [5, 5.41) is 7.04. The molecule has 2 heterocycles. The maximum atomic E-state index is 2.45. The molecule has 0 atom stereocenters. The first kappa shape index (κ1) is 22.3. The van der Waals surface area contributed by atoms with Crippen molar-refractivity contribution in [2.45, 2.75) is 26.7 Å². The first-order valence-corrected chi connectivity index (χ1v) is 14.9. The molecule has 0 aliphatic heterocycles. The summed E-state index contributed by atoms with van der Waals surface area (Å²) >= 11 is 3.87. The van der Waals surface area contributed by atoms with Gasteiger partial charge in [0.05, 0.1) is 0 Å². The number of fused-ring (bicyclic) bond motifs is 9. The largest absolute Gasteiger partial charge is 0.136 e. The zero-order chi connectivity index (χ0) is 25.4. The van der Waals surface area contributed by atoms with E-state index in [1.165, 1.54) is 84.9 Å². The Labute approximate surface area is 230 Å². The minimum Gasteiger partial charge on any atom is -0.136 e. The third kappa shape index (κ3) is 3.41. The van der Waals surface area contributed by atoms with Crippen LogP contribution in [0, 0.1) is 13.8 Å². The molecule has 5 aromatic carbocycles. The first-order valence-electron chi connectivity index (χ1n) is 13.3. The summed E-state index contributed by atoms with van der Waals surface area (Å²) in [7, 11) is 0. The van der Waals surface area contributed by atoms with Crippen LogP contribution in [0.4, 0.5) is 0 Å². The molecule has 0 spiro atoms. The number of allylic oxidation sites excluding steroid dienone is 1. The average Bonchev–Trinajstić information content (AvgIpc) is 3.51. The Morgan fingerprint density at radius 3 is 1.84 bits per heavy atom. The smallest absolute Gasteiger partial charge is 0.0361 e. The second-order valence-corrected chi connectivity index (χ2v) is 12.8. The molecule has 2 aromatic heterocycles. The van der Waals surface area contributed by atoms with Crippen molar-refractivity contribution in [3.63, 3.8) is 0 Å². The van der Waals surface area contributed by atoms with Crippen LogP contribution in [0.5, 0.6) is 0 Å². The SMILES string of the molecule is Cc1ccc(C2=Cc3sc4ccc5c(ccc6sc7cc(-c8ccc(C)cc8)ccc7c65)c4c3CC2)cc1. The van der Waals surface area contributed by atoms with Gasteiger partial charge in [0.1, 0.15) is 0 Å². The lowest BCUT2D eigenvalue weighted by molar-refractivity contribution is 1.02. The molecule has 38 heavy (non-hydrogen) atoms. The van der Waals surface area contributed by atoms with Gasteiger partial charge in [-0.3, -0.25) is 0 Å². The Morgan fingerprint density at radius 2 is 1.11 bits per heavy atom. The van der Waals surface area contributed by atoms with Crippen LogP contribution in [0.25, 0.3) is 63.8 Å². The van der Waals surface area contributed by atoms with Crippen LogP contribution in [-0.2, 0) is 6.42 Å². The van der Waals surface area contributed by atoms with Gasteiger partial charge in [0.2, 0.25) is 0 Å². The molecule has 1 aliphatic carbocycles. The normalized spacial score (nSPS) is 13.5. The van der Waals surface area contributed by atoms with Gasteiger partial charge in [-0.2, -0.15) is 0 Å². The highest BCUT2D eigenvalue weighted by atomic mass is 32.1. The highest BCUT2D eigenvalue weighted by molar-refractivity contribution is 7.26. The Bertz CT molecular complexity index is 2060. The maximum Gasteiger partial charge on any atom is 0.0361 e. The standard InChI is InChI=1S/C36H26S2/c1-21-3-7-23(8-4-21)25-11-13-29-33(19-25)37-31-17-15-28-27(35(29)31)16-18-32-36(28)30-14-12-26(20-34(30)38-32)24-9-5-22(2)6-10-24/h3-11,13,15-20H,12,14H2,1-2H3. The number of aryl methyl sites for hydroxylation is 3. The van der Waals surface area contributed by atoms with Gasteiger partial charge in [0.25, 0.3) is 0 Å². The second-order valence-electron chi connectivity index (χ2n) is 10.6. The molecule has 8 rings (SSSR count). The summed E-state index contributed by atoms with van der Waals surface area (Å²) in [6.07, 6.45) is 4.66. The quantitative estimate of drug-likeness (QED) is 0.212. The van der Waals surface area contributed by atoms with Crippen LogP contribution in [0.2, 0.25) is 0 Å². The van der Waals surface area contributed by atoms with E-state index in [2.05, 4.69) is 111 Å². The molecule has 7 aromatic rings. The molecular formula is C36H26S2. The Hall–Kier alpha value is -3.72. The Balaban J connectivity index is 1.30. The predicted molar refractivity (Wildman–Crippen MR) is 170 cm³/mol. The number of rotatable bonds is 2. The molecular weight excluding hydrogens is 497 g/mol. The lowest BCUT2D eigenvalue weighted by Gasteiger charge is -2.15. The van der Waals surface area contributed by atoms with Gasteiger partial charge in [-0.25, -0.2) is 0 Å². The minimum absolute atomic E-state index is 1.10. The van der Waals surface area contributed by atoms with E-state index in [1.54, 1.807) is 0 Å². The zero-order valence-electron chi connectivity index (χ0n) is 21.5. The van der Waals surface area contributed by atoms with Crippen molar-refractivity contribution in [3.05, 3.63) is 118 Å². The second kappa shape index (κ2) is 8.39. The number of hydrogen-bond donors (Lipinski definition) is 0. The van der Waals surface area contributed by atoms with Gasteiger partial charge >= 0.3 is 0 Å². The van der Waals surface area contributed by atoms with Crippen LogP contribution in [0.1, 0.15) is 33.6 Å². The molecule has 0 bridgehead atoms. The zero-order valence-corrected chi connectivity index (χ0v) is 23.1. The summed E-state index contributed by atoms with van der Waals surface area (Å²) in [5.74, 6) is 0. The summed E-state index contributed by atoms with van der Waals surface area (Å²) in [6, 6.07) is 34.3. The summed E-state index contributed by atoms with van der Waals surface area (Å²) in [5.41, 5.74) is 9.55. The predicted octanol–water partition coefficient (Wildman–Crippen LogP) is 11.2. The highest BCUT2D eigenvalue weighted by Crippen LogP contribution is 2.46. The molecule has 0 saturated carbocycles. The number of benzene rings is 5. The molecule has 0 N–H and O–H groups in total. The lowest BCUT2D eigenvalue weighted by Crippen LogP contribution is -1.96. The van der Waals surface area contributed by atoms with Crippen molar-refractivity contribution in [2.24, 2.45) is 0 Å². The fraction of sp³-hybridized carbons (Fsp3) is 0.111. The third-order valence-electron chi connectivity index (χ3n) is 8.17. The van der Waals surface area contributed by atoms with Crippen LogP contribution in [0.3, 0.4) is 0 Å². The van der Waals surface area contributed by atoms with Crippen LogP contribution in [0.15, 0.2) is 91.0 Å². The molecule has 0 unspecified atom stereocenters. The van der Waals surface area contributed by atoms with Gasteiger partial charge in [0, 0.05) is 35.1 Å². The number of hydrogen-bond acceptors (Lipinski definition) is 2. The Kier molecular flexibility index (Phi) is 4.92.